The summed E-state index contributed by atoms with van der Waals surface area (Å²) in [5.74, 6) is -0.325. The number of ether oxygens (including phenoxy) is 1. The molecule has 0 fully saturated rings. The van der Waals surface area contributed by atoms with Gasteiger partial charge in [0, 0.05) is 6.42 Å². The zero-order chi connectivity index (χ0) is 11.3. The van der Waals surface area contributed by atoms with E-state index >= 15 is 0 Å². The molecule has 0 heterocycles. The first kappa shape index (κ1) is 11.3. The van der Waals surface area contributed by atoms with Gasteiger partial charge in [-0.25, -0.2) is 0 Å². The van der Waals surface area contributed by atoms with E-state index in [1.807, 2.05) is 0 Å². The normalized spacial score (nSPS) is 9.93. The van der Waals surface area contributed by atoms with Gasteiger partial charge in [0.25, 0.3) is 0 Å². The number of aromatic hydroxyl groups is 1. The zero-order valence-electron chi connectivity index (χ0n) is 8.27. The van der Waals surface area contributed by atoms with E-state index in [4.69, 9.17) is 16.2 Å². The van der Waals surface area contributed by atoms with Gasteiger partial charge in [0.05, 0.1) is 0 Å². The second-order valence-electron chi connectivity index (χ2n) is 3.06. The Hall–Kier alpha value is -1.75. The van der Waals surface area contributed by atoms with Crippen LogP contribution in [0.4, 0.5) is 5.69 Å². The molecule has 5 heteroatoms. The maximum Gasteiger partial charge on any atom is 0.311 e. The minimum Gasteiger partial charge on any atom is -0.506 e. The van der Waals surface area contributed by atoms with Gasteiger partial charge in [-0.15, -0.1) is 0 Å². The fraction of sp³-hybridized carbons (Fsp3) is 0.300. The number of esters is 1. The molecule has 82 valence electrons. The van der Waals surface area contributed by atoms with Gasteiger partial charge in [-0.2, -0.15) is 0 Å². The third kappa shape index (κ3) is 3.14. The lowest BCUT2D eigenvalue weighted by Crippen LogP contribution is -2.11. The van der Waals surface area contributed by atoms with Crippen molar-refractivity contribution < 1.29 is 14.6 Å². The lowest BCUT2D eigenvalue weighted by molar-refractivity contribution is -0.134. The Kier molecular flexibility index (Phi) is 3.93. The summed E-state index contributed by atoms with van der Waals surface area (Å²) in [6, 6.07) is 4.50. The first-order valence-electron chi connectivity index (χ1n) is 4.63. The van der Waals surface area contributed by atoms with Gasteiger partial charge in [0.1, 0.15) is 11.4 Å². The molecule has 5 N–H and O–H groups in total. The number of carbonyl (C=O) groups excluding carboxylic acids is 1. The van der Waals surface area contributed by atoms with Crippen molar-refractivity contribution in [1.29, 1.82) is 0 Å². The van der Waals surface area contributed by atoms with Crippen molar-refractivity contribution in [3.63, 3.8) is 0 Å². The van der Waals surface area contributed by atoms with Gasteiger partial charge in [-0.3, -0.25) is 4.79 Å². The largest absolute Gasteiger partial charge is 0.506 e. The molecular weight excluding hydrogens is 196 g/mol. The number of hydrogen-bond donors (Lipinski definition) is 3. The first-order chi connectivity index (χ1) is 7.15. The van der Waals surface area contributed by atoms with Crippen molar-refractivity contribution in [2.24, 2.45) is 5.73 Å². The second-order valence-corrected chi connectivity index (χ2v) is 3.06. The molecule has 0 spiro atoms. The Balaban J connectivity index is 2.64. The predicted molar refractivity (Wildman–Crippen MR) is 56.4 cm³/mol. The maximum atomic E-state index is 11.2. The zero-order valence-corrected chi connectivity index (χ0v) is 8.27. The predicted octanol–water partition coefficient (Wildman–Crippen LogP) is 0.619. The summed E-state index contributed by atoms with van der Waals surface area (Å²) >= 11 is 0. The summed E-state index contributed by atoms with van der Waals surface area (Å²) in [6.07, 6.45) is 0.809. The fourth-order valence-electron chi connectivity index (χ4n) is 1.04. The summed E-state index contributed by atoms with van der Waals surface area (Å²) in [7, 11) is 0. The van der Waals surface area contributed by atoms with Crippen LogP contribution >= 0.6 is 0 Å². The SMILES string of the molecule is NCCCC(=O)Oc1cccc(O)c1N. The van der Waals surface area contributed by atoms with Gasteiger partial charge >= 0.3 is 5.97 Å². The molecule has 0 aliphatic carbocycles. The third-order valence-electron chi connectivity index (χ3n) is 1.85. The van der Waals surface area contributed by atoms with Crippen molar-refractivity contribution in [3.8, 4) is 11.5 Å². The maximum absolute atomic E-state index is 11.2. The topological polar surface area (TPSA) is 98.6 Å². The number of phenolic OH excluding ortho intramolecular Hbond substituents is 1. The van der Waals surface area contributed by atoms with E-state index in [2.05, 4.69) is 0 Å². The van der Waals surface area contributed by atoms with Crippen LogP contribution in [-0.2, 0) is 4.79 Å². The Morgan fingerprint density at radius 2 is 2.20 bits per heavy atom. The highest BCUT2D eigenvalue weighted by Gasteiger charge is 2.09. The third-order valence-corrected chi connectivity index (χ3v) is 1.85. The van der Waals surface area contributed by atoms with Crippen molar-refractivity contribution in [2.75, 3.05) is 12.3 Å². The number of carbonyl (C=O) groups is 1. The molecule has 0 atom stereocenters. The number of hydrogen-bond acceptors (Lipinski definition) is 5. The second kappa shape index (κ2) is 5.21. The van der Waals surface area contributed by atoms with E-state index < -0.39 is 5.97 Å². The molecule has 0 bridgehead atoms. The molecular formula is C10H14N2O3. The smallest absolute Gasteiger partial charge is 0.311 e. The van der Waals surface area contributed by atoms with E-state index in [1.165, 1.54) is 12.1 Å². The molecule has 0 aliphatic rings. The monoisotopic (exact) mass is 210 g/mol. The molecule has 1 aromatic rings. The van der Waals surface area contributed by atoms with Crippen molar-refractivity contribution in [2.45, 2.75) is 12.8 Å². The summed E-state index contributed by atoms with van der Waals surface area (Å²) in [4.78, 5) is 11.2. The Morgan fingerprint density at radius 3 is 2.87 bits per heavy atom. The van der Waals surface area contributed by atoms with E-state index in [0.29, 0.717) is 13.0 Å². The van der Waals surface area contributed by atoms with Crippen molar-refractivity contribution in [3.05, 3.63) is 18.2 Å². The summed E-state index contributed by atoms with van der Waals surface area (Å²) in [6.45, 7) is 0.435. The number of nitrogen functional groups attached to an aromatic ring is 1. The number of phenols is 1. The molecule has 0 unspecified atom stereocenters. The summed E-state index contributed by atoms with van der Waals surface area (Å²) in [5, 5.41) is 9.25. The number of anilines is 1. The summed E-state index contributed by atoms with van der Waals surface area (Å²) in [5.41, 5.74) is 10.8. The highest BCUT2D eigenvalue weighted by atomic mass is 16.5. The van der Waals surface area contributed by atoms with Crippen LogP contribution in [0.5, 0.6) is 11.5 Å². The molecule has 0 radical (unpaired) electrons. The summed E-state index contributed by atoms with van der Waals surface area (Å²) < 4.78 is 4.95. The van der Waals surface area contributed by atoms with E-state index in [9.17, 15) is 9.90 Å². The first-order valence-corrected chi connectivity index (χ1v) is 4.63. The van der Waals surface area contributed by atoms with Crippen LogP contribution < -0.4 is 16.2 Å². The van der Waals surface area contributed by atoms with Gasteiger partial charge < -0.3 is 21.3 Å². The highest BCUT2D eigenvalue weighted by Crippen LogP contribution is 2.30. The molecule has 0 amide bonds. The standard InChI is InChI=1S/C10H14N2O3/c11-6-2-5-9(14)15-8-4-1-3-7(13)10(8)12/h1,3-4,13H,2,5-6,11-12H2. The molecule has 0 saturated carbocycles. The number of rotatable bonds is 4. The van der Waals surface area contributed by atoms with E-state index in [-0.39, 0.29) is 23.6 Å². The average molecular weight is 210 g/mol. The lowest BCUT2D eigenvalue weighted by Gasteiger charge is -2.07. The Morgan fingerprint density at radius 1 is 1.47 bits per heavy atom. The highest BCUT2D eigenvalue weighted by molar-refractivity contribution is 5.75. The molecule has 0 saturated heterocycles. The minimum atomic E-state index is -0.405. The quantitative estimate of drug-likeness (QED) is 0.293. The molecule has 1 rings (SSSR count). The molecule has 0 aliphatic heterocycles. The number of nitrogens with two attached hydrogens (primary N) is 2. The van der Waals surface area contributed by atoms with Gasteiger partial charge in [-0.1, -0.05) is 6.07 Å². The van der Waals surface area contributed by atoms with Crippen LogP contribution in [0, 0.1) is 0 Å². The van der Waals surface area contributed by atoms with Gasteiger partial charge in [0.2, 0.25) is 0 Å². The lowest BCUT2D eigenvalue weighted by atomic mass is 10.2. The van der Waals surface area contributed by atoms with Crippen LogP contribution in [-0.4, -0.2) is 17.6 Å². The number of benzene rings is 1. The van der Waals surface area contributed by atoms with Crippen LogP contribution in [0.2, 0.25) is 0 Å². The van der Waals surface area contributed by atoms with Crippen LogP contribution in [0.15, 0.2) is 18.2 Å². The minimum absolute atomic E-state index is 0.0681. The molecule has 1 aromatic carbocycles. The number of para-hydroxylation sites is 1. The average Bonchev–Trinajstić information content (AvgIpc) is 2.22. The molecule has 15 heavy (non-hydrogen) atoms. The van der Waals surface area contributed by atoms with Gasteiger partial charge in [-0.05, 0) is 25.1 Å². The Labute approximate surface area is 87.6 Å². The van der Waals surface area contributed by atoms with Crippen LogP contribution in [0.25, 0.3) is 0 Å². The Bertz CT molecular complexity index is 353. The van der Waals surface area contributed by atoms with E-state index in [1.54, 1.807) is 6.07 Å². The van der Waals surface area contributed by atoms with Crippen LogP contribution in [0.1, 0.15) is 12.8 Å². The van der Waals surface area contributed by atoms with Gasteiger partial charge in [0.15, 0.2) is 5.75 Å². The molecule has 5 nitrogen and oxygen atoms in total. The van der Waals surface area contributed by atoms with E-state index in [0.717, 1.165) is 0 Å². The van der Waals surface area contributed by atoms with Crippen molar-refractivity contribution >= 4 is 11.7 Å². The molecule has 0 aromatic heterocycles. The van der Waals surface area contributed by atoms with Crippen LogP contribution in [0.3, 0.4) is 0 Å². The van der Waals surface area contributed by atoms with Crippen molar-refractivity contribution in [1.82, 2.24) is 0 Å². The fourth-order valence-corrected chi connectivity index (χ4v) is 1.04.